The van der Waals surface area contributed by atoms with Gasteiger partial charge in [0.1, 0.15) is 0 Å². The summed E-state index contributed by atoms with van der Waals surface area (Å²) in [6, 6.07) is 44.3. The predicted molar refractivity (Wildman–Crippen MR) is 169 cm³/mol. The molecule has 39 heavy (non-hydrogen) atoms. The van der Waals surface area contributed by atoms with E-state index in [0.29, 0.717) is 17.5 Å². The number of aromatic hydroxyl groups is 2. The number of hydrogen-bond donors (Lipinski definition) is 2. The van der Waals surface area contributed by atoms with E-state index < -0.39 is 7.26 Å². The molecular weight excluding hydrogens is 495 g/mol. The van der Waals surface area contributed by atoms with Gasteiger partial charge < -0.3 is 0 Å². The van der Waals surface area contributed by atoms with Crippen LogP contribution in [-0.4, -0.2) is 16.4 Å². The molecule has 0 aliphatic heterocycles. The molecular formula is C36H35O2P. The molecule has 5 aromatic carbocycles. The first-order valence-electron chi connectivity index (χ1n) is 13.5. The summed E-state index contributed by atoms with van der Waals surface area (Å²) in [6.45, 7) is 3.82. The Bertz CT molecular complexity index is 1430. The van der Waals surface area contributed by atoms with Crippen molar-refractivity contribution in [3.63, 3.8) is 0 Å². The molecule has 0 aromatic heterocycles. The SMILES string of the molecule is C=CCc1ccc(O)c(-c2cc(CCC[PH](c3ccccc3)(c3ccccc3)c3ccccc3)ccc2O)c1. The predicted octanol–water partition coefficient (Wildman–Crippen LogP) is 7.15. The topological polar surface area (TPSA) is 40.5 Å². The molecule has 3 heteroatoms. The van der Waals surface area contributed by atoms with Crippen LogP contribution >= 0.6 is 7.26 Å². The molecule has 0 spiro atoms. The van der Waals surface area contributed by atoms with Gasteiger partial charge in [-0.15, -0.1) is 0 Å². The Morgan fingerprint density at radius 1 is 0.564 bits per heavy atom. The molecule has 196 valence electrons. The van der Waals surface area contributed by atoms with Crippen molar-refractivity contribution < 1.29 is 10.2 Å². The maximum atomic E-state index is 10.7. The van der Waals surface area contributed by atoms with Gasteiger partial charge in [-0.05, 0) is 0 Å². The van der Waals surface area contributed by atoms with Gasteiger partial charge in [-0.1, -0.05) is 0 Å². The summed E-state index contributed by atoms with van der Waals surface area (Å²) in [5, 5.41) is 25.6. The summed E-state index contributed by atoms with van der Waals surface area (Å²) in [7, 11) is -2.29. The van der Waals surface area contributed by atoms with Gasteiger partial charge in [-0.3, -0.25) is 0 Å². The van der Waals surface area contributed by atoms with E-state index in [1.807, 2.05) is 30.3 Å². The Balaban J connectivity index is 1.49. The van der Waals surface area contributed by atoms with Crippen molar-refractivity contribution >= 4 is 23.2 Å². The molecule has 0 unspecified atom stereocenters. The fraction of sp³-hybridized carbons (Fsp3) is 0.111. The molecule has 0 amide bonds. The van der Waals surface area contributed by atoms with E-state index in [4.69, 9.17) is 0 Å². The number of rotatable bonds is 10. The van der Waals surface area contributed by atoms with Gasteiger partial charge >= 0.3 is 233 Å². The van der Waals surface area contributed by atoms with Crippen molar-refractivity contribution in [1.29, 1.82) is 0 Å². The second-order valence-corrected chi connectivity index (χ2v) is 14.1. The second kappa shape index (κ2) is 12.2. The monoisotopic (exact) mass is 530 g/mol. The van der Waals surface area contributed by atoms with Crippen LogP contribution in [0.15, 0.2) is 140 Å². The molecule has 0 saturated heterocycles. The second-order valence-electron chi connectivity index (χ2n) is 10.1. The van der Waals surface area contributed by atoms with Gasteiger partial charge in [0.05, 0.1) is 0 Å². The fourth-order valence-electron chi connectivity index (χ4n) is 5.71. The number of hydrogen-bond acceptors (Lipinski definition) is 2. The van der Waals surface area contributed by atoms with Gasteiger partial charge in [0.2, 0.25) is 0 Å². The van der Waals surface area contributed by atoms with Crippen LogP contribution < -0.4 is 15.9 Å². The minimum absolute atomic E-state index is 0.166. The first-order valence-corrected chi connectivity index (χ1v) is 15.7. The van der Waals surface area contributed by atoms with Gasteiger partial charge in [0.15, 0.2) is 0 Å². The fourth-order valence-corrected chi connectivity index (χ4v) is 10.6. The molecule has 5 rings (SSSR count). The van der Waals surface area contributed by atoms with E-state index in [-0.39, 0.29) is 11.5 Å². The van der Waals surface area contributed by atoms with Crippen LogP contribution in [0.5, 0.6) is 11.5 Å². The maximum absolute atomic E-state index is 10.7. The number of aryl methyl sites for hydroxylation is 1. The molecule has 0 saturated carbocycles. The van der Waals surface area contributed by atoms with E-state index >= 15 is 0 Å². The molecule has 0 fully saturated rings. The Morgan fingerprint density at radius 2 is 1.00 bits per heavy atom. The molecule has 0 aliphatic carbocycles. The van der Waals surface area contributed by atoms with E-state index in [0.717, 1.165) is 30.1 Å². The van der Waals surface area contributed by atoms with Crippen molar-refractivity contribution in [3.05, 3.63) is 151 Å². The van der Waals surface area contributed by atoms with Gasteiger partial charge in [-0.25, -0.2) is 0 Å². The number of allylic oxidation sites excluding steroid dienone is 1. The van der Waals surface area contributed by atoms with Crippen LogP contribution in [0.3, 0.4) is 0 Å². The summed E-state index contributed by atoms with van der Waals surface area (Å²) < 4.78 is 0. The van der Waals surface area contributed by atoms with Crippen molar-refractivity contribution in [2.24, 2.45) is 0 Å². The molecule has 5 aromatic rings. The Hall–Kier alpha value is -4.13. The first-order chi connectivity index (χ1) is 19.1. The molecule has 2 nitrogen and oxygen atoms in total. The number of phenolic OH excluding ortho intramolecular Hbond substituents is 2. The third-order valence-electron chi connectivity index (χ3n) is 7.61. The zero-order chi connectivity index (χ0) is 27.1. The zero-order valence-corrected chi connectivity index (χ0v) is 23.1. The Morgan fingerprint density at radius 3 is 1.46 bits per heavy atom. The summed E-state index contributed by atoms with van der Waals surface area (Å²) in [6.07, 6.45) is 5.48. The Labute approximate surface area is 232 Å². The molecule has 0 radical (unpaired) electrons. The van der Waals surface area contributed by atoms with Gasteiger partial charge in [-0.2, -0.15) is 0 Å². The summed E-state index contributed by atoms with van der Waals surface area (Å²) in [4.78, 5) is 0. The third kappa shape index (κ3) is 5.67. The van der Waals surface area contributed by atoms with Gasteiger partial charge in [0.25, 0.3) is 0 Å². The minimum atomic E-state index is -2.29. The summed E-state index contributed by atoms with van der Waals surface area (Å²) >= 11 is 0. The van der Waals surface area contributed by atoms with Gasteiger partial charge in [0, 0.05) is 0 Å². The standard InChI is InChI=1S/C36H35O2P/c1-2-13-28-21-23-35(37)33(26-28)34-27-29(22-24-36(34)38)14-12-25-39(30-15-6-3-7-16-30,31-17-8-4-9-18-31)32-19-10-5-11-20-32/h2-11,15-24,26-27,37-39H,1,12-14,25H2. The van der Waals surface area contributed by atoms with Crippen LogP contribution in [0.25, 0.3) is 11.1 Å². The third-order valence-corrected chi connectivity index (χ3v) is 12.7. The number of phenols is 2. The van der Waals surface area contributed by atoms with E-state index in [1.54, 1.807) is 12.1 Å². The van der Waals surface area contributed by atoms with Crippen LogP contribution in [0.1, 0.15) is 17.5 Å². The van der Waals surface area contributed by atoms with E-state index in [1.165, 1.54) is 15.9 Å². The van der Waals surface area contributed by atoms with Crippen molar-refractivity contribution in [2.45, 2.75) is 19.3 Å². The van der Waals surface area contributed by atoms with Crippen molar-refractivity contribution in [1.82, 2.24) is 0 Å². The zero-order valence-electron chi connectivity index (χ0n) is 22.1. The van der Waals surface area contributed by atoms with Crippen LogP contribution in [0, 0.1) is 0 Å². The van der Waals surface area contributed by atoms with Crippen molar-refractivity contribution in [2.75, 3.05) is 6.16 Å². The molecule has 2 N–H and O–H groups in total. The quantitative estimate of drug-likeness (QED) is 0.149. The average Bonchev–Trinajstić information content (AvgIpc) is 2.99. The van der Waals surface area contributed by atoms with Crippen LogP contribution in [-0.2, 0) is 12.8 Å². The molecule has 0 heterocycles. The molecule has 0 aliphatic rings. The molecule has 0 atom stereocenters. The summed E-state index contributed by atoms with van der Waals surface area (Å²) in [5.41, 5.74) is 3.50. The Kier molecular flexibility index (Phi) is 8.25. The van der Waals surface area contributed by atoms with Crippen LogP contribution in [0.4, 0.5) is 0 Å². The summed E-state index contributed by atoms with van der Waals surface area (Å²) in [5.74, 6) is 0.338. The van der Waals surface area contributed by atoms with E-state index in [2.05, 4.69) is 97.6 Å². The molecule has 0 bridgehead atoms. The normalized spacial score (nSPS) is 11.7. The number of benzene rings is 5. The first kappa shape index (κ1) is 26.5. The van der Waals surface area contributed by atoms with E-state index in [9.17, 15) is 10.2 Å². The van der Waals surface area contributed by atoms with Crippen LogP contribution in [0.2, 0.25) is 0 Å². The average molecular weight is 531 g/mol. The van der Waals surface area contributed by atoms with Crippen molar-refractivity contribution in [3.8, 4) is 22.6 Å².